The molecule has 0 amide bonds. The summed E-state index contributed by atoms with van der Waals surface area (Å²) in [7, 11) is 0. The Balaban J connectivity index is 1.47. The molecule has 4 unspecified atom stereocenters. The van der Waals surface area contributed by atoms with Gasteiger partial charge in [-0.15, -0.1) is 23.1 Å². The summed E-state index contributed by atoms with van der Waals surface area (Å²) in [5, 5.41) is 16.9. The second-order valence-electron chi connectivity index (χ2n) is 8.55. The first-order chi connectivity index (χ1) is 17.4. The maximum absolute atomic E-state index is 11.3. The van der Waals surface area contributed by atoms with Gasteiger partial charge in [0.2, 0.25) is 0 Å². The highest BCUT2D eigenvalue weighted by molar-refractivity contribution is 7.98. The molecule has 11 heteroatoms. The van der Waals surface area contributed by atoms with Gasteiger partial charge in [0.1, 0.15) is 18.0 Å². The molecule has 2 aromatic carbocycles. The van der Waals surface area contributed by atoms with Crippen LogP contribution in [0.1, 0.15) is 34.6 Å². The van der Waals surface area contributed by atoms with Gasteiger partial charge in [-0.05, 0) is 32.2 Å². The number of aromatic nitrogens is 4. The topological polar surface area (TPSA) is 118 Å². The molecular formula is C25H29N5O4S2. The van der Waals surface area contributed by atoms with Crippen molar-refractivity contribution in [3.63, 3.8) is 0 Å². The zero-order valence-corrected chi connectivity index (χ0v) is 22.0. The third-order valence-corrected chi connectivity index (χ3v) is 7.63. The zero-order valence-electron chi connectivity index (χ0n) is 20.3. The van der Waals surface area contributed by atoms with E-state index in [4.69, 9.17) is 19.9 Å². The van der Waals surface area contributed by atoms with Gasteiger partial charge in [0.25, 0.3) is 0 Å². The summed E-state index contributed by atoms with van der Waals surface area (Å²) in [4.78, 5) is 10.3. The van der Waals surface area contributed by atoms with E-state index in [9.17, 15) is 5.11 Å². The lowest BCUT2D eigenvalue weighted by Crippen LogP contribution is -2.45. The Morgan fingerprint density at radius 2 is 1.86 bits per heavy atom. The van der Waals surface area contributed by atoms with E-state index in [0.717, 1.165) is 31.4 Å². The van der Waals surface area contributed by atoms with E-state index in [2.05, 4.69) is 27.2 Å². The van der Waals surface area contributed by atoms with Crippen molar-refractivity contribution < 1.29 is 19.3 Å². The van der Waals surface area contributed by atoms with E-state index >= 15 is 0 Å². The maximum atomic E-state index is 11.3. The quantitative estimate of drug-likeness (QED) is 0.383. The number of aryl methyl sites for hydroxylation is 2. The number of benzene rings is 2. The van der Waals surface area contributed by atoms with Crippen molar-refractivity contribution in [2.75, 3.05) is 26.1 Å². The van der Waals surface area contributed by atoms with Crippen LogP contribution in [0.2, 0.25) is 0 Å². The molecule has 5 rings (SSSR count). The zero-order chi connectivity index (χ0) is 25.2. The molecule has 1 aliphatic heterocycles. The summed E-state index contributed by atoms with van der Waals surface area (Å²) >= 11 is 3.22. The Hall–Kier alpha value is -2.38. The second kappa shape index (κ2) is 10.9. The van der Waals surface area contributed by atoms with Crippen molar-refractivity contribution in [3.05, 3.63) is 64.7 Å². The minimum atomic E-state index is -1.08. The van der Waals surface area contributed by atoms with Crippen LogP contribution < -0.4 is 5.73 Å². The third-order valence-electron chi connectivity index (χ3n) is 5.93. The minimum Gasteiger partial charge on any atom is -0.388 e. The Bertz CT molecular complexity index is 1330. The van der Waals surface area contributed by atoms with E-state index in [1.54, 1.807) is 27.8 Å². The first kappa shape index (κ1) is 25.3. The molecule has 0 aliphatic carbocycles. The highest BCUT2D eigenvalue weighted by Gasteiger charge is 2.34. The molecule has 190 valence electrons. The molecular weight excluding hydrogens is 498 g/mol. The molecule has 36 heavy (non-hydrogen) atoms. The maximum Gasteiger partial charge on any atom is 0.183 e. The van der Waals surface area contributed by atoms with Gasteiger partial charge in [0, 0.05) is 10.5 Å². The molecule has 1 fully saturated rings. The van der Waals surface area contributed by atoms with Gasteiger partial charge in [0.15, 0.2) is 12.1 Å². The Morgan fingerprint density at radius 3 is 2.64 bits per heavy atom. The number of rotatable bonds is 4. The van der Waals surface area contributed by atoms with E-state index in [0.29, 0.717) is 11.6 Å². The van der Waals surface area contributed by atoms with E-state index in [-0.39, 0.29) is 19.8 Å². The lowest BCUT2D eigenvalue weighted by Gasteiger charge is -2.30. The second-order valence-corrected chi connectivity index (χ2v) is 10.6. The summed E-state index contributed by atoms with van der Waals surface area (Å²) in [5.41, 5.74) is 9.07. The summed E-state index contributed by atoms with van der Waals surface area (Å²) in [5.74, 6) is 1.04. The van der Waals surface area contributed by atoms with Gasteiger partial charge in [-0.25, -0.2) is 14.6 Å². The van der Waals surface area contributed by atoms with Crippen molar-refractivity contribution in [1.29, 1.82) is 0 Å². The number of nitrogens with zero attached hydrogens (tertiary/aromatic N) is 4. The fraction of sp³-hybridized carbons (Fsp3) is 0.400. The molecule has 0 spiro atoms. The van der Waals surface area contributed by atoms with Crippen LogP contribution in [0.3, 0.4) is 0 Å². The molecule has 2 aromatic heterocycles. The van der Waals surface area contributed by atoms with Crippen LogP contribution in [-0.4, -0.2) is 63.1 Å². The Kier molecular flexibility index (Phi) is 7.68. The molecule has 1 saturated heterocycles. The number of nitrogens with two attached hydrogens (primary N) is 1. The first-order valence-electron chi connectivity index (χ1n) is 11.7. The van der Waals surface area contributed by atoms with Gasteiger partial charge >= 0.3 is 0 Å². The van der Waals surface area contributed by atoms with Crippen LogP contribution in [0.25, 0.3) is 15.9 Å². The fourth-order valence-electron chi connectivity index (χ4n) is 4.21. The van der Waals surface area contributed by atoms with Gasteiger partial charge in [-0.1, -0.05) is 30.3 Å². The number of thioether (sulfide) groups is 1. The van der Waals surface area contributed by atoms with Gasteiger partial charge < -0.3 is 25.1 Å². The molecule has 9 nitrogen and oxygen atoms in total. The van der Waals surface area contributed by atoms with Crippen molar-refractivity contribution in [3.8, 4) is 5.69 Å². The summed E-state index contributed by atoms with van der Waals surface area (Å²) in [6, 6.07) is 13.0. The number of aliphatic hydroxyl groups is 1. The molecule has 3 N–H and O–H groups in total. The Labute approximate surface area is 217 Å². The molecule has 0 saturated carbocycles. The predicted molar refractivity (Wildman–Crippen MR) is 140 cm³/mol. The van der Waals surface area contributed by atoms with E-state index in [1.165, 1.54) is 0 Å². The SMILES string of the molecule is CSc1cc2nc(C)sc2cc1-n1nc(C)nc1C1OCCOC(c2ccccc2)OCC(N)C1O. The van der Waals surface area contributed by atoms with Crippen LogP contribution in [0.15, 0.2) is 47.4 Å². The highest BCUT2D eigenvalue weighted by atomic mass is 32.2. The molecule has 4 aromatic rings. The number of aliphatic hydroxyl groups excluding tert-OH is 1. The van der Waals surface area contributed by atoms with Crippen molar-refractivity contribution in [2.24, 2.45) is 5.73 Å². The minimum absolute atomic E-state index is 0.0792. The molecule has 0 bridgehead atoms. The summed E-state index contributed by atoms with van der Waals surface area (Å²) in [6.07, 6.45) is -0.478. The number of hydrogen-bond donors (Lipinski definition) is 2. The highest BCUT2D eigenvalue weighted by Crippen LogP contribution is 2.34. The standard InChI is InChI=1S/C25H29N5O4S2/c1-14-27-24(30(29-14)19-12-20-18(11-21(19)35-3)28-15(2)36-20)23-22(31)17(26)13-34-25(33-10-9-32-23)16-7-5-4-6-8-16/h4-8,11-12,17,22-23,25,31H,9-10,13,26H2,1-3H3. The van der Waals surface area contributed by atoms with Gasteiger partial charge in [-0.2, -0.15) is 5.10 Å². The monoisotopic (exact) mass is 527 g/mol. The average molecular weight is 528 g/mol. The number of thiazole rings is 1. The number of hydrogen-bond acceptors (Lipinski definition) is 10. The molecule has 3 heterocycles. The summed E-state index contributed by atoms with van der Waals surface area (Å²) < 4.78 is 20.9. The molecule has 0 radical (unpaired) electrons. The lowest BCUT2D eigenvalue weighted by molar-refractivity contribution is -0.185. The molecule has 1 aliphatic rings. The lowest BCUT2D eigenvalue weighted by atomic mass is 10.1. The van der Waals surface area contributed by atoms with E-state index < -0.39 is 24.5 Å². The predicted octanol–water partition coefficient (Wildman–Crippen LogP) is 3.71. The van der Waals surface area contributed by atoms with Crippen LogP contribution in [0, 0.1) is 13.8 Å². The average Bonchev–Trinajstić information content (AvgIpc) is 3.45. The number of ether oxygens (including phenoxy) is 3. The van der Waals surface area contributed by atoms with Crippen LogP contribution in [-0.2, 0) is 14.2 Å². The van der Waals surface area contributed by atoms with Crippen molar-refractivity contribution in [1.82, 2.24) is 19.7 Å². The molecule has 4 atom stereocenters. The van der Waals surface area contributed by atoms with Crippen LogP contribution >= 0.6 is 23.1 Å². The Morgan fingerprint density at radius 1 is 1.08 bits per heavy atom. The normalized spacial score (nSPS) is 23.7. The fourth-order valence-corrected chi connectivity index (χ4v) is 5.64. The largest absolute Gasteiger partial charge is 0.388 e. The van der Waals surface area contributed by atoms with Crippen molar-refractivity contribution >= 4 is 33.3 Å². The van der Waals surface area contributed by atoms with Gasteiger partial charge in [0.05, 0.1) is 46.8 Å². The van der Waals surface area contributed by atoms with Crippen LogP contribution in [0.5, 0.6) is 0 Å². The smallest absolute Gasteiger partial charge is 0.183 e. The third kappa shape index (κ3) is 5.18. The van der Waals surface area contributed by atoms with E-state index in [1.807, 2.05) is 50.4 Å². The van der Waals surface area contributed by atoms with Crippen LogP contribution in [0.4, 0.5) is 0 Å². The number of fused-ring (bicyclic) bond motifs is 1. The van der Waals surface area contributed by atoms with Crippen molar-refractivity contribution in [2.45, 2.75) is 43.3 Å². The van der Waals surface area contributed by atoms with Gasteiger partial charge in [-0.3, -0.25) is 0 Å². The first-order valence-corrected chi connectivity index (χ1v) is 13.7. The summed E-state index contributed by atoms with van der Waals surface area (Å²) in [6.45, 7) is 4.38.